The summed E-state index contributed by atoms with van der Waals surface area (Å²) in [6.45, 7) is 7.70. The number of hydrogen-bond acceptors (Lipinski definition) is 3. The van der Waals surface area contributed by atoms with Gasteiger partial charge < -0.3 is 15.0 Å². The van der Waals surface area contributed by atoms with Gasteiger partial charge in [0, 0.05) is 12.6 Å². The summed E-state index contributed by atoms with van der Waals surface area (Å²) in [4.78, 5) is 4.18. The van der Waals surface area contributed by atoms with Crippen molar-refractivity contribution in [2.45, 2.75) is 46.4 Å². The number of imidazole rings is 1. The molecule has 4 heteroatoms. The molecule has 0 aliphatic rings. The molecule has 0 spiro atoms. The molecule has 0 saturated heterocycles. The monoisotopic (exact) mass is 273 g/mol. The Kier molecular flexibility index (Phi) is 4.79. The second kappa shape index (κ2) is 6.57. The van der Waals surface area contributed by atoms with Gasteiger partial charge in [-0.15, -0.1) is 0 Å². The van der Waals surface area contributed by atoms with E-state index in [2.05, 4.69) is 22.5 Å². The molecule has 1 aromatic heterocycles. The number of hydrogen-bond donors (Lipinski definition) is 1. The minimum Gasteiger partial charge on any atom is -0.487 e. The summed E-state index contributed by atoms with van der Waals surface area (Å²) in [5.41, 5.74) is 9.23. The zero-order valence-electron chi connectivity index (χ0n) is 12.5. The Morgan fingerprint density at radius 1 is 1.40 bits per heavy atom. The van der Waals surface area contributed by atoms with Gasteiger partial charge in [0.2, 0.25) is 0 Å². The van der Waals surface area contributed by atoms with Gasteiger partial charge in [-0.2, -0.15) is 0 Å². The fraction of sp³-hybridized carbons (Fsp3) is 0.438. The Labute approximate surface area is 120 Å². The first kappa shape index (κ1) is 14.6. The number of aryl methyl sites for hydroxylation is 2. The first-order valence-corrected chi connectivity index (χ1v) is 7.09. The van der Waals surface area contributed by atoms with Gasteiger partial charge in [-0.3, -0.25) is 0 Å². The third kappa shape index (κ3) is 3.39. The fourth-order valence-corrected chi connectivity index (χ4v) is 2.18. The van der Waals surface area contributed by atoms with Gasteiger partial charge in [-0.25, -0.2) is 4.98 Å². The summed E-state index contributed by atoms with van der Waals surface area (Å²) in [5, 5.41) is 0. The maximum Gasteiger partial charge on any atom is 0.130 e. The largest absolute Gasteiger partial charge is 0.487 e. The molecule has 0 fully saturated rings. The Hall–Kier alpha value is -1.81. The number of aromatic nitrogens is 2. The minimum atomic E-state index is 0.0498. The SMILES string of the molecule is CCCn1cncc1COc1ccc(C(C)N)cc1C. The molecule has 2 rings (SSSR count). The maximum absolute atomic E-state index is 5.90. The molecule has 2 aromatic rings. The fourth-order valence-electron chi connectivity index (χ4n) is 2.18. The van der Waals surface area contributed by atoms with Gasteiger partial charge in [0.1, 0.15) is 12.4 Å². The summed E-state index contributed by atoms with van der Waals surface area (Å²) in [6, 6.07) is 6.16. The van der Waals surface area contributed by atoms with Crippen molar-refractivity contribution in [1.82, 2.24) is 9.55 Å². The van der Waals surface area contributed by atoms with Crippen molar-refractivity contribution >= 4 is 0 Å². The molecular weight excluding hydrogens is 250 g/mol. The van der Waals surface area contributed by atoms with E-state index in [0.29, 0.717) is 6.61 Å². The number of benzene rings is 1. The predicted octanol–water partition coefficient (Wildman–Crippen LogP) is 3.20. The van der Waals surface area contributed by atoms with Crippen molar-refractivity contribution in [2.24, 2.45) is 5.73 Å². The lowest BCUT2D eigenvalue weighted by Gasteiger charge is -2.13. The molecule has 4 nitrogen and oxygen atoms in total. The van der Waals surface area contributed by atoms with Crippen LogP contribution in [0.4, 0.5) is 0 Å². The zero-order valence-corrected chi connectivity index (χ0v) is 12.5. The van der Waals surface area contributed by atoms with Crippen LogP contribution >= 0.6 is 0 Å². The molecule has 0 aliphatic heterocycles. The lowest BCUT2D eigenvalue weighted by molar-refractivity contribution is 0.292. The van der Waals surface area contributed by atoms with Gasteiger partial charge in [0.25, 0.3) is 0 Å². The van der Waals surface area contributed by atoms with Crippen LogP contribution in [0.3, 0.4) is 0 Å². The van der Waals surface area contributed by atoms with Crippen molar-refractivity contribution in [3.8, 4) is 5.75 Å². The lowest BCUT2D eigenvalue weighted by Crippen LogP contribution is -2.07. The minimum absolute atomic E-state index is 0.0498. The highest BCUT2D eigenvalue weighted by molar-refractivity contribution is 5.37. The number of rotatable bonds is 6. The van der Waals surface area contributed by atoms with Crippen LogP contribution in [0.5, 0.6) is 5.75 Å². The number of nitrogens with two attached hydrogens (primary N) is 1. The third-order valence-electron chi connectivity index (χ3n) is 3.36. The maximum atomic E-state index is 5.90. The molecular formula is C16H23N3O. The average molecular weight is 273 g/mol. The van der Waals surface area contributed by atoms with Crippen LogP contribution in [0.2, 0.25) is 0 Å². The van der Waals surface area contributed by atoms with Gasteiger partial charge >= 0.3 is 0 Å². The van der Waals surface area contributed by atoms with Gasteiger partial charge in [-0.1, -0.05) is 19.1 Å². The van der Waals surface area contributed by atoms with E-state index < -0.39 is 0 Å². The molecule has 1 aromatic carbocycles. The molecule has 1 heterocycles. The van der Waals surface area contributed by atoms with Crippen molar-refractivity contribution in [1.29, 1.82) is 0 Å². The van der Waals surface area contributed by atoms with Crippen LogP contribution in [0.15, 0.2) is 30.7 Å². The summed E-state index contributed by atoms with van der Waals surface area (Å²) >= 11 is 0. The average Bonchev–Trinajstić information content (AvgIpc) is 2.85. The summed E-state index contributed by atoms with van der Waals surface area (Å²) < 4.78 is 8.03. The van der Waals surface area contributed by atoms with Crippen molar-refractivity contribution in [2.75, 3.05) is 0 Å². The summed E-state index contributed by atoms with van der Waals surface area (Å²) in [5.74, 6) is 0.902. The van der Waals surface area contributed by atoms with Crippen LogP contribution in [0.1, 0.15) is 43.1 Å². The molecule has 0 saturated carbocycles. The molecule has 0 radical (unpaired) electrons. The second-order valence-electron chi connectivity index (χ2n) is 5.18. The van der Waals surface area contributed by atoms with E-state index >= 15 is 0 Å². The molecule has 108 valence electrons. The lowest BCUT2D eigenvalue weighted by atomic mass is 10.1. The first-order valence-electron chi connectivity index (χ1n) is 7.09. The number of ether oxygens (including phenoxy) is 1. The topological polar surface area (TPSA) is 53.1 Å². The highest BCUT2D eigenvalue weighted by Crippen LogP contribution is 2.22. The molecule has 1 atom stereocenters. The molecule has 20 heavy (non-hydrogen) atoms. The van der Waals surface area contributed by atoms with Gasteiger partial charge in [0.15, 0.2) is 0 Å². The number of nitrogens with zero attached hydrogens (tertiary/aromatic N) is 2. The standard InChI is InChI=1S/C16H23N3O/c1-4-7-19-11-18-9-15(19)10-20-16-6-5-14(13(3)17)8-12(16)2/h5-6,8-9,11,13H,4,7,10,17H2,1-3H3. The van der Waals surface area contributed by atoms with E-state index in [1.54, 1.807) is 0 Å². The quantitative estimate of drug-likeness (QED) is 0.879. The van der Waals surface area contributed by atoms with E-state index in [0.717, 1.165) is 35.5 Å². The second-order valence-corrected chi connectivity index (χ2v) is 5.18. The summed E-state index contributed by atoms with van der Waals surface area (Å²) in [7, 11) is 0. The van der Waals surface area contributed by atoms with Crippen LogP contribution in [-0.4, -0.2) is 9.55 Å². The predicted molar refractivity (Wildman–Crippen MR) is 80.6 cm³/mol. The normalized spacial score (nSPS) is 12.4. The van der Waals surface area contributed by atoms with E-state index in [1.807, 2.05) is 38.5 Å². The van der Waals surface area contributed by atoms with Crippen molar-refractivity contribution < 1.29 is 4.74 Å². The Morgan fingerprint density at radius 2 is 2.20 bits per heavy atom. The van der Waals surface area contributed by atoms with Crippen molar-refractivity contribution in [3.63, 3.8) is 0 Å². The van der Waals surface area contributed by atoms with Crippen LogP contribution in [0, 0.1) is 6.92 Å². The molecule has 0 aliphatic carbocycles. The highest BCUT2D eigenvalue weighted by Gasteiger charge is 2.06. The van der Waals surface area contributed by atoms with E-state index in [1.165, 1.54) is 0 Å². The smallest absolute Gasteiger partial charge is 0.130 e. The third-order valence-corrected chi connectivity index (χ3v) is 3.36. The summed E-state index contributed by atoms with van der Waals surface area (Å²) in [6.07, 6.45) is 4.81. The van der Waals surface area contributed by atoms with Gasteiger partial charge in [0.05, 0.1) is 18.2 Å². The van der Waals surface area contributed by atoms with Crippen LogP contribution in [0.25, 0.3) is 0 Å². The molecule has 0 bridgehead atoms. The zero-order chi connectivity index (χ0) is 14.5. The molecule has 0 amide bonds. The first-order chi connectivity index (χ1) is 9.61. The van der Waals surface area contributed by atoms with E-state index in [9.17, 15) is 0 Å². The van der Waals surface area contributed by atoms with Gasteiger partial charge in [-0.05, 0) is 37.5 Å². The molecule has 2 N–H and O–H groups in total. The Balaban J connectivity index is 2.05. The van der Waals surface area contributed by atoms with E-state index in [4.69, 9.17) is 10.5 Å². The highest BCUT2D eigenvalue weighted by atomic mass is 16.5. The van der Waals surface area contributed by atoms with Crippen LogP contribution in [-0.2, 0) is 13.2 Å². The van der Waals surface area contributed by atoms with Crippen LogP contribution < -0.4 is 10.5 Å². The molecule has 1 unspecified atom stereocenters. The Morgan fingerprint density at radius 3 is 2.85 bits per heavy atom. The van der Waals surface area contributed by atoms with E-state index in [-0.39, 0.29) is 6.04 Å². The van der Waals surface area contributed by atoms with Crippen molar-refractivity contribution in [3.05, 3.63) is 47.5 Å². The Bertz CT molecular complexity index is 561.